The summed E-state index contributed by atoms with van der Waals surface area (Å²) in [7, 11) is 0. The summed E-state index contributed by atoms with van der Waals surface area (Å²) in [6.07, 6.45) is -5.51. The van der Waals surface area contributed by atoms with Crippen molar-refractivity contribution in [2.24, 2.45) is 5.92 Å². The highest BCUT2D eigenvalue weighted by Crippen LogP contribution is 2.30. The quantitative estimate of drug-likeness (QED) is 0.233. The standard InChI is InChI=1S/2C7H14O4.C7H12O3/c1-2-5-7(10)6(9)4(8)3-11-5;1-2-4(8)7-6(10)5(9)3-11-7;1-4-2-9-7-5(8)3-10-6(4)7/h2*4-10H,2-3H2,1H3;4-8H,2-3H2,1H3. The molecular formula is C21H40O11. The van der Waals surface area contributed by atoms with Crippen molar-refractivity contribution in [1.29, 1.82) is 0 Å². The van der Waals surface area contributed by atoms with Crippen molar-refractivity contribution in [3.8, 4) is 0 Å². The van der Waals surface area contributed by atoms with Crippen LogP contribution in [0.15, 0.2) is 0 Å². The molecule has 0 spiro atoms. The minimum atomic E-state index is -1.06. The van der Waals surface area contributed by atoms with Crippen molar-refractivity contribution < 1.29 is 54.7 Å². The van der Waals surface area contributed by atoms with Crippen molar-refractivity contribution in [2.75, 3.05) is 26.4 Å². The lowest BCUT2D eigenvalue weighted by molar-refractivity contribution is -0.187. The van der Waals surface area contributed by atoms with Gasteiger partial charge in [0, 0.05) is 5.92 Å². The first kappa shape index (κ1) is 27.8. The smallest absolute Gasteiger partial charge is 0.112 e. The third-order valence-corrected chi connectivity index (χ3v) is 6.27. The molecular weight excluding hydrogens is 428 g/mol. The summed E-state index contributed by atoms with van der Waals surface area (Å²) in [6.45, 7) is 7.14. The molecule has 0 aromatic heterocycles. The van der Waals surface area contributed by atoms with Crippen LogP contribution in [-0.2, 0) is 18.9 Å². The predicted molar refractivity (Wildman–Crippen MR) is 111 cm³/mol. The van der Waals surface area contributed by atoms with E-state index in [1.54, 1.807) is 6.92 Å². The molecule has 12 atom stereocenters. The van der Waals surface area contributed by atoms with Gasteiger partial charge in [0.1, 0.15) is 48.8 Å². The second-order valence-electron chi connectivity index (χ2n) is 8.80. The summed E-state index contributed by atoms with van der Waals surface area (Å²) in [5.74, 6) is 0.446. The van der Waals surface area contributed by atoms with Gasteiger partial charge in [-0.25, -0.2) is 0 Å². The zero-order valence-corrected chi connectivity index (χ0v) is 18.9. The SMILES string of the molecule is CC1COC2C(O)COC12.CCC(O)C1OCC(O)C1O.CCC1OCC(O)C(O)C1O. The number of fused-ring (bicyclic) bond motifs is 1. The van der Waals surface area contributed by atoms with Gasteiger partial charge < -0.3 is 54.7 Å². The lowest BCUT2D eigenvalue weighted by atomic mass is 9.99. The molecule has 0 amide bonds. The van der Waals surface area contributed by atoms with Crippen LogP contribution in [0.1, 0.15) is 33.6 Å². The lowest BCUT2D eigenvalue weighted by Crippen LogP contribution is -2.52. The second-order valence-corrected chi connectivity index (χ2v) is 8.80. The average molecular weight is 469 g/mol. The molecule has 4 aliphatic rings. The van der Waals surface area contributed by atoms with E-state index >= 15 is 0 Å². The molecule has 0 aliphatic carbocycles. The van der Waals surface area contributed by atoms with Crippen molar-refractivity contribution in [1.82, 2.24) is 0 Å². The summed E-state index contributed by atoms with van der Waals surface area (Å²) in [5.41, 5.74) is 0. The van der Waals surface area contributed by atoms with Crippen LogP contribution in [0.25, 0.3) is 0 Å². The van der Waals surface area contributed by atoms with Crippen molar-refractivity contribution >= 4 is 0 Å². The molecule has 0 aromatic carbocycles. The Labute approximate surface area is 188 Å². The van der Waals surface area contributed by atoms with Gasteiger partial charge in [-0.1, -0.05) is 20.8 Å². The van der Waals surface area contributed by atoms with Gasteiger partial charge in [0.2, 0.25) is 0 Å². The number of hydrogen-bond donors (Lipinski definition) is 7. The van der Waals surface area contributed by atoms with E-state index in [1.165, 1.54) is 0 Å². The minimum Gasteiger partial charge on any atom is -0.390 e. The van der Waals surface area contributed by atoms with E-state index in [0.29, 0.717) is 25.4 Å². The molecule has 0 radical (unpaired) electrons. The molecule has 0 aromatic rings. The topological polar surface area (TPSA) is 179 Å². The first-order valence-electron chi connectivity index (χ1n) is 11.3. The molecule has 11 nitrogen and oxygen atoms in total. The van der Waals surface area contributed by atoms with Gasteiger partial charge in [0.05, 0.1) is 44.7 Å². The third-order valence-electron chi connectivity index (χ3n) is 6.27. The van der Waals surface area contributed by atoms with Crippen LogP contribution in [0.4, 0.5) is 0 Å². The highest BCUT2D eigenvalue weighted by atomic mass is 16.6. The zero-order chi connectivity index (χ0) is 24.0. The first-order chi connectivity index (χ1) is 15.1. The summed E-state index contributed by atoms with van der Waals surface area (Å²) in [5, 5.41) is 64.2. The van der Waals surface area contributed by atoms with E-state index < -0.39 is 48.8 Å². The van der Waals surface area contributed by atoms with E-state index in [9.17, 15) is 20.4 Å². The molecule has 0 bridgehead atoms. The molecule has 0 saturated carbocycles. The lowest BCUT2D eigenvalue weighted by Gasteiger charge is -2.34. The highest BCUT2D eigenvalue weighted by molar-refractivity contribution is 4.92. The summed E-state index contributed by atoms with van der Waals surface area (Å²) in [4.78, 5) is 0. The van der Waals surface area contributed by atoms with Gasteiger partial charge in [-0.05, 0) is 12.8 Å². The fourth-order valence-electron chi connectivity index (χ4n) is 4.09. The molecule has 4 fully saturated rings. The van der Waals surface area contributed by atoms with Crippen LogP contribution in [0.3, 0.4) is 0 Å². The predicted octanol–water partition coefficient (Wildman–Crippen LogP) is -2.46. The van der Waals surface area contributed by atoms with Gasteiger partial charge in [-0.3, -0.25) is 0 Å². The summed E-state index contributed by atoms with van der Waals surface area (Å²) < 4.78 is 20.7. The van der Waals surface area contributed by atoms with Crippen LogP contribution < -0.4 is 0 Å². The highest BCUT2D eigenvalue weighted by Gasteiger charge is 2.45. The fourth-order valence-corrected chi connectivity index (χ4v) is 4.09. The maximum atomic E-state index is 9.27. The maximum absolute atomic E-state index is 9.27. The van der Waals surface area contributed by atoms with Crippen LogP contribution in [0.2, 0.25) is 0 Å². The summed E-state index contributed by atoms with van der Waals surface area (Å²) in [6, 6.07) is 0. The van der Waals surface area contributed by atoms with E-state index in [-0.39, 0.29) is 31.5 Å². The first-order valence-corrected chi connectivity index (χ1v) is 11.3. The Hall–Kier alpha value is -0.440. The van der Waals surface area contributed by atoms with Crippen molar-refractivity contribution in [3.05, 3.63) is 0 Å². The van der Waals surface area contributed by atoms with Crippen LogP contribution in [-0.4, -0.2) is 129 Å². The Morgan fingerprint density at radius 1 is 0.688 bits per heavy atom. The molecule has 4 heterocycles. The molecule has 32 heavy (non-hydrogen) atoms. The molecule has 190 valence electrons. The van der Waals surface area contributed by atoms with E-state index in [4.69, 9.17) is 34.3 Å². The molecule has 11 heteroatoms. The number of aliphatic hydroxyl groups is 7. The maximum Gasteiger partial charge on any atom is 0.112 e. The molecule has 7 N–H and O–H groups in total. The largest absolute Gasteiger partial charge is 0.390 e. The molecule has 12 unspecified atom stereocenters. The fraction of sp³-hybridized carbons (Fsp3) is 1.00. The number of aliphatic hydroxyl groups excluding tert-OH is 7. The van der Waals surface area contributed by atoms with Gasteiger partial charge in [0.15, 0.2) is 0 Å². The van der Waals surface area contributed by atoms with Gasteiger partial charge in [0.25, 0.3) is 0 Å². The Bertz CT molecular complexity index is 520. The zero-order valence-electron chi connectivity index (χ0n) is 18.9. The number of ether oxygens (including phenoxy) is 4. The Morgan fingerprint density at radius 2 is 1.25 bits per heavy atom. The summed E-state index contributed by atoms with van der Waals surface area (Å²) >= 11 is 0. The molecule has 4 saturated heterocycles. The van der Waals surface area contributed by atoms with Crippen LogP contribution in [0.5, 0.6) is 0 Å². The third kappa shape index (κ3) is 6.80. The van der Waals surface area contributed by atoms with Crippen LogP contribution in [0, 0.1) is 5.92 Å². The van der Waals surface area contributed by atoms with Gasteiger partial charge in [-0.2, -0.15) is 0 Å². The van der Waals surface area contributed by atoms with Gasteiger partial charge >= 0.3 is 0 Å². The van der Waals surface area contributed by atoms with E-state index in [0.717, 1.165) is 6.61 Å². The van der Waals surface area contributed by atoms with E-state index in [1.807, 2.05) is 6.92 Å². The monoisotopic (exact) mass is 468 g/mol. The molecule has 4 aliphatic heterocycles. The Balaban J connectivity index is 0.000000170. The average Bonchev–Trinajstić information content (AvgIpc) is 3.45. The Kier molecular flexibility index (Phi) is 11.2. The Morgan fingerprint density at radius 3 is 1.78 bits per heavy atom. The molecule has 4 rings (SSSR count). The number of rotatable bonds is 3. The second kappa shape index (κ2) is 12.9. The van der Waals surface area contributed by atoms with Crippen LogP contribution >= 0.6 is 0 Å². The van der Waals surface area contributed by atoms with Crippen molar-refractivity contribution in [3.63, 3.8) is 0 Å². The van der Waals surface area contributed by atoms with Gasteiger partial charge in [-0.15, -0.1) is 0 Å². The van der Waals surface area contributed by atoms with Crippen molar-refractivity contribution in [2.45, 2.75) is 101 Å². The van der Waals surface area contributed by atoms with E-state index in [2.05, 4.69) is 6.92 Å². The number of hydrogen-bond acceptors (Lipinski definition) is 11. The minimum absolute atomic E-state index is 0.0463. The normalized spacial score (nSPS) is 46.5.